The standard InChI is InChI=1S/C22H25N7O2S/c1-5-23-21(31)16-9-14-19(27-16)24-10-25-20(14)29-18(11(2)3)13-6-7-15-17(8-13)32-22(28-15)26-12(4)30/h6-11,18H,5H2,1-4H3,(H,23,31)(H,26,28,30)(H2,24,25,27,29)/t18-/m0/s1. The summed E-state index contributed by atoms with van der Waals surface area (Å²) in [6, 6.07) is 7.82. The summed E-state index contributed by atoms with van der Waals surface area (Å²) in [7, 11) is 0. The van der Waals surface area contributed by atoms with E-state index in [0.717, 1.165) is 21.2 Å². The monoisotopic (exact) mass is 451 g/mol. The van der Waals surface area contributed by atoms with Gasteiger partial charge in [-0.15, -0.1) is 0 Å². The maximum absolute atomic E-state index is 12.2. The van der Waals surface area contributed by atoms with Gasteiger partial charge in [0.15, 0.2) is 5.13 Å². The van der Waals surface area contributed by atoms with Crippen molar-refractivity contribution in [3.63, 3.8) is 0 Å². The van der Waals surface area contributed by atoms with Crippen LogP contribution in [-0.2, 0) is 4.79 Å². The number of anilines is 2. The summed E-state index contributed by atoms with van der Waals surface area (Å²) < 4.78 is 0.992. The lowest BCUT2D eigenvalue weighted by molar-refractivity contribution is -0.114. The number of carbonyl (C=O) groups excluding carboxylic acids is 2. The van der Waals surface area contributed by atoms with Crippen molar-refractivity contribution in [2.24, 2.45) is 5.92 Å². The Labute approximate surface area is 189 Å². The number of hydrogen-bond acceptors (Lipinski definition) is 7. The Morgan fingerprint density at radius 1 is 1.19 bits per heavy atom. The van der Waals surface area contributed by atoms with E-state index in [1.807, 2.05) is 19.1 Å². The van der Waals surface area contributed by atoms with Crippen LogP contribution in [0.2, 0.25) is 0 Å². The molecule has 0 aliphatic carbocycles. The minimum Gasteiger partial charge on any atom is -0.362 e. The number of benzene rings is 1. The fourth-order valence-electron chi connectivity index (χ4n) is 3.55. The van der Waals surface area contributed by atoms with Gasteiger partial charge < -0.3 is 20.9 Å². The molecule has 0 unspecified atom stereocenters. The second kappa shape index (κ2) is 8.91. The van der Waals surface area contributed by atoms with Gasteiger partial charge in [0, 0.05) is 13.5 Å². The van der Waals surface area contributed by atoms with Crippen LogP contribution in [0.3, 0.4) is 0 Å². The minimum atomic E-state index is -0.178. The van der Waals surface area contributed by atoms with Crippen LogP contribution in [0.15, 0.2) is 30.6 Å². The van der Waals surface area contributed by atoms with Gasteiger partial charge in [0.2, 0.25) is 5.91 Å². The van der Waals surface area contributed by atoms with Crippen LogP contribution in [-0.4, -0.2) is 38.3 Å². The third-order valence-corrected chi connectivity index (χ3v) is 5.95. The maximum Gasteiger partial charge on any atom is 0.267 e. The Morgan fingerprint density at radius 3 is 2.72 bits per heavy atom. The van der Waals surface area contributed by atoms with Gasteiger partial charge in [0.1, 0.15) is 23.5 Å². The van der Waals surface area contributed by atoms with Gasteiger partial charge in [-0.2, -0.15) is 0 Å². The summed E-state index contributed by atoms with van der Waals surface area (Å²) in [4.78, 5) is 39.8. The molecule has 0 bridgehead atoms. The fourth-order valence-corrected chi connectivity index (χ4v) is 4.51. The van der Waals surface area contributed by atoms with Crippen LogP contribution in [0, 0.1) is 5.92 Å². The molecule has 166 valence electrons. The lowest BCUT2D eigenvalue weighted by Crippen LogP contribution is -2.22. The summed E-state index contributed by atoms with van der Waals surface area (Å²) in [5.41, 5.74) is 2.97. The van der Waals surface area contributed by atoms with Crippen LogP contribution >= 0.6 is 11.3 Å². The highest BCUT2D eigenvalue weighted by Gasteiger charge is 2.20. The van der Waals surface area contributed by atoms with Gasteiger partial charge in [-0.25, -0.2) is 15.0 Å². The summed E-state index contributed by atoms with van der Waals surface area (Å²) >= 11 is 1.44. The molecule has 0 fully saturated rings. The lowest BCUT2D eigenvalue weighted by atomic mass is 9.96. The number of aromatic amines is 1. The van der Waals surface area contributed by atoms with Crippen molar-refractivity contribution >= 4 is 55.4 Å². The summed E-state index contributed by atoms with van der Waals surface area (Å²) in [6.07, 6.45) is 1.48. The van der Waals surface area contributed by atoms with Crippen molar-refractivity contribution < 1.29 is 9.59 Å². The third-order valence-electron chi connectivity index (χ3n) is 5.02. The van der Waals surface area contributed by atoms with E-state index in [1.165, 1.54) is 24.6 Å². The van der Waals surface area contributed by atoms with Crippen molar-refractivity contribution in [3.05, 3.63) is 41.9 Å². The van der Waals surface area contributed by atoms with Crippen molar-refractivity contribution in [2.45, 2.75) is 33.7 Å². The summed E-state index contributed by atoms with van der Waals surface area (Å²) in [5.74, 6) is 0.589. The quantitative estimate of drug-likeness (QED) is 0.335. The average molecular weight is 452 g/mol. The smallest absolute Gasteiger partial charge is 0.267 e. The van der Waals surface area contributed by atoms with E-state index in [4.69, 9.17) is 0 Å². The van der Waals surface area contributed by atoms with Crippen molar-refractivity contribution in [1.82, 2.24) is 25.3 Å². The van der Waals surface area contributed by atoms with E-state index in [-0.39, 0.29) is 23.8 Å². The molecule has 9 nitrogen and oxygen atoms in total. The molecule has 4 aromatic rings. The number of nitrogens with zero attached hydrogens (tertiary/aromatic N) is 3. The van der Waals surface area contributed by atoms with Gasteiger partial charge in [-0.05, 0) is 36.6 Å². The Morgan fingerprint density at radius 2 is 2.00 bits per heavy atom. The first-order chi connectivity index (χ1) is 15.4. The molecule has 2 amide bonds. The van der Waals surface area contributed by atoms with Crippen LogP contribution in [0.4, 0.5) is 10.9 Å². The number of carbonyl (C=O) groups is 2. The predicted octanol–water partition coefficient (Wildman–Crippen LogP) is 4.08. The Hall–Kier alpha value is -3.53. The summed E-state index contributed by atoms with van der Waals surface area (Å²) in [5, 5.41) is 10.4. The Bertz CT molecular complexity index is 1290. The normalized spacial score (nSPS) is 12.3. The van der Waals surface area contributed by atoms with Gasteiger partial charge in [0.25, 0.3) is 5.91 Å². The predicted molar refractivity (Wildman–Crippen MR) is 127 cm³/mol. The zero-order valence-corrected chi connectivity index (χ0v) is 19.1. The van der Waals surface area contributed by atoms with Crippen LogP contribution in [0.25, 0.3) is 21.3 Å². The molecule has 32 heavy (non-hydrogen) atoms. The van der Waals surface area contributed by atoms with Crippen molar-refractivity contribution in [2.75, 3.05) is 17.2 Å². The number of hydrogen-bond donors (Lipinski definition) is 4. The second-order valence-electron chi connectivity index (χ2n) is 7.82. The number of fused-ring (bicyclic) bond motifs is 2. The molecule has 4 rings (SSSR count). The SMILES string of the molecule is CCNC(=O)c1cc2c(N[C@H](c3ccc4nc(NC(C)=O)sc4c3)C(C)C)ncnc2[nH]1. The number of amides is 2. The number of rotatable bonds is 7. The molecule has 0 spiro atoms. The average Bonchev–Trinajstić information content (AvgIpc) is 3.34. The molecule has 10 heteroatoms. The van der Waals surface area contributed by atoms with Gasteiger partial charge in [-0.1, -0.05) is 31.3 Å². The highest BCUT2D eigenvalue weighted by molar-refractivity contribution is 7.22. The lowest BCUT2D eigenvalue weighted by Gasteiger charge is -2.23. The van der Waals surface area contributed by atoms with E-state index < -0.39 is 0 Å². The minimum absolute atomic E-state index is 0.0355. The molecule has 1 atom stereocenters. The molecule has 3 heterocycles. The van der Waals surface area contributed by atoms with E-state index in [9.17, 15) is 9.59 Å². The molecule has 3 aromatic heterocycles. The van der Waals surface area contributed by atoms with Crippen molar-refractivity contribution in [1.29, 1.82) is 0 Å². The maximum atomic E-state index is 12.2. The van der Waals surface area contributed by atoms with Crippen LogP contribution < -0.4 is 16.0 Å². The van der Waals surface area contributed by atoms with Crippen LogP contribution in [0.5, 0.6) is 0 Å². The highest BCUT2D eigenvalue weighted by Crippen LogP contribution is 2.33. The fraction of sp³-hybridized carbons (Fsp3) is 0.318. The number of thiazole rings is 1. The van der Waals surface area contributed by atoms with E-state index in [1.54, 1.807) is 6.07 Å². The number of aromatic nitrogens is 4. The Balaban J connectivity index is 1.67. The largest absolute Gasteiger partial charge is 0.362 e. The topological polar surface area (TPSA) is 125 Å². The van der Waals surface area contributed by atoms with Gasteiger partial charge in [-0.3, -0.25) is 9.59 Å². The first kappa shape index (κ1) is 21.7. The van der Waals surface area contributed by atoms with Gasteiger partial charge in [0.05, 0.1) is 21.6 Å². The second-order valence-corrected chi connectivity index (χ2v) is 8.85. The van der Waals surface area contributed by atoms with E-state index in [0.29, 0.717) is 28.8 Å². The van der Waals surface area contributed by atoms with E-state index in [2.05, 4.69) is 55.8 Å². The molecular weight excluding hydrogens is 426 g/mol. The molecule has 0 saturated carbocycles. The molecular formula is C22H25N7O2S. The number of nitrogens with one attached hydrogen (secondary N) is 4. The summed E-state index contributed by atoms with van der Waals surface area (Å²) in [6.45, 7) is 8.15. The third kappa shape index (κ3) is 4.40. The van der Waals surface area contributed by atoms with Gasteiger partial charge >= 0.3 is 0 Å². The zero-order chi connectivity index (χ0) is 22.8. The van der Waals surface area contributed by atoms with Crippen molar-refractivity contribution in [3.8, 4) is 0 Å². The molecule has 4 N–H and O–H groups in total. The van der Waals surface area contributed by atoms with E-state index >= 15 is 0 Å². The Kier molecular flexibility index (Phi) is 6.04. The van der Waals surface area contributed by atoms with Crippen LogP contribution in [0.1, 0.15) is 49.8 Å². The first-order valence-electron chi connectivity index (χ1n) is 10.4. The molecule has 0 saturated heterocycles. The molecule has 0 radical (unpaired) electrons. The highest BCUT2D eigenvalue weighted by atomic mass is 32.1. The molecule has 0 aliphatic rings. The first-order valence-corrected chi connectivity index (χ1v) is 11.2. The number of H-pyrrole nitrogens is 1. The molecule has 0 aliphatic heterocycles. The molecule has 1 aromatic carbocycles. The zero-order valence-electron chi connectivity index (χ0n) is 18.3.